The number of nitrogens with one attached hydrogen (secondary N) is 2. The molecule has 1 aliphatic carbocycles. The average molecular weight is 404 g/mol. The predicted octanol–water partition coefficient (Wildman–Crippen LogP) is 0.637. The smallest absolute Gasteiger partial charge is 0.208 e. The zero-order chi connectivity index (χ0) is 13.6. The molecule has 1 saturated carbocycles. The van der Waals surface area contributed by atoms with Crippen molar-refractivity contribution in [3.8, 4) is 0 Å². The molecule has 0 bridgehead atoms. The Bertz CT molecular complexity index is 386. The third-order valence-corrected chi connectivity index (χ3v) is 3.81. The Morgan fingerprint density at radius 2 is 2.11 bits per heavy atom. The Balaban J connectivity index is 0.00000324. The van der Waals surface area contributed by atoms with Gasteiger partial charge in [0.1, 0.15) is 0 Å². The minimum Gasteiger partial charge on any atom is -0.370 e. The quantitative estimate of drug-likeness (QED) is 0.344. The highest BCUT2D eigenvalue weighted by Gasteiger charge is 2.29. The first-order valence-electron chi connectivity index (χ1n) is 6.43. The summed E-state index contributed by atoms with van der Waals surface area (Å²) < 4.78 is 25.1. The minimum atomic E-state index is -3.14. The molecule has 0 spiro atoms. The second kappa shape index (κ2) is 8.96. The van der Waals surface area contributed by atoms with Crippen LogP contribution in [0.5, 0.6) is 0 Å². The van der Waals surface area contributed by atoms with Gasteiger partial charge in [0.05, 0.1) is 6.26 Å². The van der Waals surface area contributed by atoms with Crippen LogP contribution in [-0.4, -0.2) is 39.8 Å². The summed E-state index contributed by atoms with van der Waals surface area (Å²) in [5.41, 5.74) is 5.71. The molecule has 2 atom stereocenters. The molecule has 2 unspecified atom stereocenters. The Morgan fingerprint density at radius 3 is 2.68 bits per heavy atom. The Morgan fingerprint density at radius 1 is 1.42 bits per heavy atom. The molecular formula is C11H25IN4O2S. The molecule has 0 amide bonds. The molecule has 1 aliphatic rings. The first-order chi connectivity index (χ1) is 8.42. The van der Waals surface area contributed by atoms with E-state index in [0.717, 1.165) is 32.2 Å². The molecule has 0 aliphatic heterocycles. The molecule has 1 rings (SSSR count). The summed E-state index contributed by atoms with van der Waals surface area (Å²) in [6.07, 6.45) is 5.11. The van der Waals surface area contributed by atoms with E-state index < -0.39 is 10.0 Å². The number of hydrogen-bond donors (Lipinski definition) is 3. The van der Waals surface area contributed by atoms with Crippen molar-refractivity contribution in [3.63, 3.8) is 0 Å². The molecule has 0 saturated heterocycles. The van der Waals surface area contributed by atoms with Crippen LogP contribution in [0.3, 0.4) is 0 Å². The molecule has 1 fully saturated rings. The fraction of sp³-hybridized carbons (Fsp3) is 0.909. The zero-order valence-electron chi connectivity index (χ0n) is 11.6. The van der Waals surface area contributed by atoms with Crippen molar-refractivity contribution in [2.24, 2.45) is 16.6 Å². The summed E-state index contributed by atoms with van der Waals surface area (Å²) >= 11 is 0. The number of nitrogens with two attached hydrogens (primary N) is 1. The third-order valence-electron chi connectivity index (χ3n) is 3.08. The number of guanidine groups is 1. The standard InChI is InChI=1S/C11H24N4O2S.HI/c1-3-7-13-11(12)14-8-9-5-4-6-10(9)15-18(2,16)17;/h9-10,15H,3-8H2,1-2H3,(H3,12,13,14);1H. The highest BCUT2D eigenvalue weighted by molar-refractivity contribution is 14.0. The lowest BCUT2D eigenvalue weighted by Gasteiger charge is -2.18. The van der Waals surface area contributed by atoms with Gasteiger partial charge in [0, 0.05) is 19.1 Å². The van der Waals surface area contributed by atoms with Crippen molar-refractivity contribution in [1.29, 1.82) is 0 Å². The van der Waals surface area contributed by atoms with E-state index in [1.165, 1.54) is 6.26 Å². The van der Waals surface area contributed by atoms with Crippen LogP contribution in [0.2, 0.25) is 0 Å². The van der Waals surface area contributed by atoms with Crippen LogP contribution >= 0.6 is 24.0 Å². The van der Waals surface area contributed by atoms with Crippen molar-refractivity contribution in [2.45, 2.75) is 38.6 Å². The van der Waals surface area contributed by atoms with Crippen LogP contribution in [0.25, 0.3) is 0 Å². The lowest BCUT2D eigenvalue weighted by atomic mass is 10.1. The summed E-state index contributed by atoms with van der Waals surface area (Å²) in [5.74, 6) is 0.698. The van der Waals surface area contributed by atoms with Crippen molar-refractivity contribution >= 4 is 40.0 Å². The van der Waals surface area contributed by atoms with Crippen molar-refractivity contribution in [2.75, 3.05) is 19.3 Å². The number of aliphatic imine (C=N–C) groups is 1. The number of nitrogens with zero attached hydrogens (tertiary/aromatic N) is 1. The van der Waals surface area contributed by atoms with Gasteiger partial charge in [0.15, 0.2) is 5.96 Å². The first-order valence-corrected chi connectivity index (χ1v) is 8.32. The fourth-order valence-electron chi connectivity index (χ4n) is 2.21. The van der Waals surface area contributed by atoms with Gasteiger partial charge in [-0.25, -0.2) is 13.1 Å². The molecule has 0 aromatic rings. The molecule has 0 radical (unpaired) electrons. The lowest BCUT2D eigenvalue weighted by Crippen LogP contribution is -2.38. The van der Waals surface area contributed by atoms with E-state index in [4.69, 9.17) is 5.73 Å². The summed E-state index contributed by atoms with van der Waals surface area (Å²) in [6.45, 7) is 3.45. The van der Waals surface area contributed by atoms with E-state index in [0.29, 0.717) is 12.5 Å². The second-order valence-corrected chi connectivity index (χ2v) is 6.62. The zero-order valence-corrected chi connectivity index (χ0v) is 14.7. The average Bonchev–Trinajstić information content (AvgIpc) is 2.68. The number of halogens is 1. The Hall–Kier alpha value is -0.0900. The van der Waals surface area contributed by atoms with Crippen molar-refractivity contribution in [3.05, 3.63) is 0 Å². The molecule has 19 heavy (non-hydrogen) atoms. The van der Waals surface area contributed by atoms with E-state index >= 15 is 0 Å². The van der Waals surface area contributed by atoms with E-state index in [-0.39, 0.29) is 35.9 Å². The molecule has 8 heteroatoms. The number of hydrogen-bond acceptors (Lipinski definition) is 3. The van der Waals surface area contributed by atoms with Crippen LogP contribution < -0.4 is 15.8 Å². The third kappa shape index (κ3) is 7.93. The number of rotatable bonds is 6. The van der Waals surface area contributed by atoms with Crippen LogP contribution in [0.4, 0.5) is 0 Å². The maximum atomic E-state index is 11.2. The predicted molar refractivity (Wildman–Crippen MR) is 89.3 cm³/mol. The van der Waals surface area contributed by atoms with Gasteiger partial charge in [0.25, 0.3) is 0 Å². The topological polar surface area (TPSA) is 96.6 Å². The molecular weight excluding hydrogens is 379 g/mol. The second-order valence-electron chi connectivity index (χ2n) is 4.84. The summed E-state index contributed by atoms with van der Waals surface area (Å²) in [7, 11) is -3.14. The number of sulfonamides is 1. The molecule has 4 N–H and O–H groups in total. The first kappa shape index (κ1) is 18.9. The van der Waals surface area contributed by atoms with Gasteiger partial charge in [0.2, 0.25) is 10.0 Å². The molecule has 6 nitrogen and oxygen atoms in total. The SMILES string of the molecule is CCCNC(N)=NCC1CCCC1NS(C)(=O)=O.I. The van der Waals surface area contributed by atoms with Crippen LogP contribution in [-0.2, 0) is 10.0 Å². The summed E-state index contributed by atoms with van der Waals surface area (Å²) in [5, 5.41) is 3.01. The normalized spacial score (nSPS) is 24.0. The van der Waals surface area contributed by atoms with Gasteiger partial charge in [-0.05, 0) is 25.2 Å². The molecule has 0 aromatic carbocycles. The van der Waals surface area contributed by atoms with Crippen molar-refractivity contribution < 1.29 is 8.42 Å². The molecule has 0 aromatic heterocycles. The monoisotopic (exact) mass is 404 g/mol. The molecule has 114 valence electrons. The highest BCUT2D eigenvalue weighted by Crippen LogP contribution is 2.26. The summed E-state index contributed by atoms with van der Waals surface area (Å²) in [6, 6.07) is 0.00252. The van der Waals surface area contributed by atoms with Gasteiger partial charge in [-0.1, -0.05) is 13.3 Å². The Kier molecular flexibility index (Phi) is 8.92. The van der Waals surface area contributed by atoms with Crippen LogP contribution in [0, 0.1) is 5.92 Å². The van der Waals surface area contributed by atoms with E-state index in [9.17, 15) is 8.42 Å². The van der Waals surface area contributed by atoms with Gasteiger partial charge in [-0.15, -0.1) is 24.0 Å². The minimum absolute atomic E-state index is 0. The largest absolute Gasteiger partial charge is 0.370 e. The van der Waals surface area contributed by atoms with E-state index in [2.05, 4.69) is 22.0 Å². The van der Waals surface area contributed by atoms with Crippen LogP contribution in [0.15, 0.2) is 4.99 Å². The fourth-order valence-corrected chi connectivity index (χ4v) is 3.07. The maximum absolute atomic E-state index is 11.2. The van der Waals surface area contributed by atoms with Crippen LogP contribution in [0.1, 0.15) is 32.6 Å². The summed E-state index contributed by atoms with van der Waals surface area (Å²) in [4.78, 5) is 4.27. The van der Waals surface area contributed by atoms with Gasteiger partial charge < -0.3 is 11.1 Å². The maximum Gasteiger partial charge on any atom is 0.208 e. The van der Waals surface area contributed by atoms with Gasteiger partial charge in [-0.3, -0.25) is 4.99 Å². The Labute approximate surface area is 133 Å². The molecule has 0 heterocycles. The van der Waals surface area contributed by atoms with Gasteiger partial charge >= 0.3 is 0 Å². The lowest BCUT2D eigenvalue weighted by molar-refractivity contribution is 0.454. The van der Waals surface area contributed by atoms with Gasteiger partial charge in [-0.2, -0.15) is 0 Å². The highest BCUT2D eigenvalue weighted by atomic mass is 127. The van der Waals surface area contributed by atoms with E-state index in [1.807, 2.05) is 0 Å². The van der Waals surface area contributed by atoms with E-state index in [1.54, 1.807) is 0 Å². The van der Waals surface area contributed by atoms with Crippen molar-refractivity contribution in [1.82, 2.24) is 10.0 Å².